The first kappa shape index (κ1) is 13.0. The highest BCUT2D eigenvalue weighted by atomic mass is 32.1. The summed E-state index contributed by atoms with van der Waals surface area (Å²) < 4.78 is 0. The molecule has 1 unspecified atom stereocenters. The van der Waals surface area contributed by atoms with Crippen LogP contribution in [0.5, 0.6) is 0 Å². The van der Waals surface area contributed by atoms with Crippen LogP contribution >= 0.6 is 11.3 Å². The molecule has 0 bridgehead atoms. The summed E-state index contributed by atoms with van der Waals surface area (Å²) >= 11 is 1.79. The molecule has 4 heteroatoms. The van der Waals surface area contributed by atoms with Gasteiger partial charge in [0, 0.05) is 17.6 Å². The quantitative estimate of drug-likeness (QED) is 0.764. The molecule has 2 rings (SSSR count). The van der Waals surface area contributed by atoms with Crippen molar-refractivity contribution >= 4 is 11.3 Å². The molecule has 1 atom stereocenters. The number of aromatic nitrogens is 1. The number of aryl methyl sites for hydroxylation is 1. The van der Waals surface area contributed by atoms with Crippen LogP contribution < -0.4 is 10.6 Å². The van der Waals surface area contributed by atoms with Crippen molar-refractivity contribution in [2.45, 2.75) is 39.2 Å². The third kappa shape index (κ3) is 4.74. The van der Waals surface area contributed by atoms with Crippen molar-refractivity contribution in [2.24, 2.45) is 5.92 Å². The van der Waals surface area contributed by atoms with E-state index in [2.05, 4.69) is 22.5 Å². The lowest BCUT2D eigenvalue weighted by Gasteiger charge is -2.22. The van der Waals surface area contributed by atoms with E-state index in [1.165, 1.54) is 43.6 Å². The minimum atomic E-state index is 0.913. The van der Waals surface area contributed by atoms with Crippen LogP contribution in [0.3, 0.4) is 0 Å². The monoisotopic (exact) mass is 253 g/mol. The summed E-state index contributed by atoms with van der Waals surface area (Å²) in [4.78, 5) is 5.61. The smallest absolute Gasteiger partial charge is 0.0897 e. The van der Waals surface area contributed by atoms with E-state index in [-0.39, 0.29) is 0 Å². The van der Waals surface area contributed by atoms with Crippen molar-refractivity contribution < 1.29 is 0 Å². The normalized spacial score (nSPS) is 20.6. The van der Waals surface area contributed by atoms with Crippen LogP contribution in [0.4, 0.5) is 0 Å². The lowest BCUT2D eigenvalue weighted by Crippen LogP contribution is -2.30. The van der Waals surface area contributed by atoms with Crippen LogP contribution in [0, 0.1) is 12.8 Å². The number of thiazole rings is 1. The van der Waals surface area contributed by atoms with Gasteiger partial charge in [-0.2, -0.15) is 0 Å². The average Bonchev–Trinajstić information content (AvgIpc) is 2.76. The third-order valence-corrected chi connectivity index (χ3v) is 4.25. The number of hydrogen-bond acceptors (Lipinski definition) is 4. The molecular formula is C13H23N3S. The number of hydrogen-bond donors (Lipinski definition) is 2. The fourth-order valence-electron chi connectivity index (χ4n) is 2.38. The van der Waals surface area contributed by atoms with Gasteiger partial charge in [0.25, 0.3) is 0 Å². The third-order valence-electron chi connectivity index (χ3n) is 3.33. The molecule has 1 aromatic rings. The molecule has 1 fully saturated rings. The van der Waals surface area contributed by atoms with E-state index in [1.54, 1.807) is 11.3 Å². The first-order valence-corrected chi connectivity index (χ1v) is 7.49. The summed E-state index contributed by atoms with van der Waals surface area (Å²) in [5.74, 6) is 0.913. The zero-order valence-corrected chi connectivity index (χ0v) is 11.5. The topological polar surface area (TPSA) is 37.0 Å². The molecular weight excluding hydrogens is 230 g/mol. The summed E-state index contributed by atoms with van der Waals surface area (Å²) in [6.07, 6.45) is 7.42. The molecule has 0 spiro atoms. The van der Waals surface area contributed by atoms with Gasteiger partial charge in [-0.25, -0.2) is 4.98 Å². The van der Waals surface area contributed by atoms with E-state index in [0.29, 0.717) is 0 Å². The highest BCUT2D eigenvalue weighted by Gasteiger charge is 2.11. The predicted octanol–water partition coefficient (Wildman–Crippen LogP) is 2.32. The molecule has 0 saturated carbocycles. The van der Waals surface area contributed by atoms with Gasteiger partial charge in [-0.1, -0.05) is 0 Å². The first-order valence-electron chi connectivity index (χ1n) is 6.67. The molecule has 2 N–H and O–H groups in total. The highest BCUT2D eigenvalue weighted by Crippen LogP contribution is 2.15. The van der Waals surface area contributed by atoms with Crippen LogP contribution in [-0.2, 0) is 6.54 Å². The second kappa shape index (κ2) is 7.09. The molecule has 1 aliphatic rings. The molecule has 0 aromatic carbocycles. The Morgan fingerprint density at radius 1 is 1.59 bits per heavy atom. The molecule has 0 aliphatic carbocycles. The van der Waals surface area contributed by atoms with Gasteiger partial charge in [-0.05, 0) is 58.2 Å². The molecule has 1 aromatic heterocycles. The molecule has 0 amide bonds. The maximum atomic E-state index is 4.26. The number of rotatable bonds is 6. The zero-order chi connectivity index (χ0) is 11.9. The Kier molecular flexibility index (Phi) is 5.42. The van der Waals surface area contributed by atoms with E-state index in [0.717, 1.165) is 24.0 Å². The Bertz CT molecular complexity index is 318. The molecule has 1 aliphatic heterocycles. The summed E-state index contributed by atoms with van der Waals surface area (Å²) in [6, 6.07) is 0. The van der Waals surface area contributed by atoms with Crippen molar-refractivity contribution in [1.29, 1.82) is 0 Å². The SMILES string of the molecule is Cc1ncc(CNCCCC2CCCNC2)s1. The van der Waals surface area contributed by atoms with Crippen molar-refractivity contribution in [3.05, 3.63) is 16.1 Å². The minimum absolute atomic E-state index is 0.913. The van der Waals surface area contributed by atoms with Gasteiger partial charge in [0.05, 0.1) is 5.01 Å². The van der Waals surface area contributed by atoms with Crippen molar-refractivity contribution in [3.63, 3.8) is 0 Å². The van der Waals surface area contributed by atoms with Gasteiger partial charge in [0.15, 0.2) is 0 Å². The van der Waals surface area contributed by atoms with E-state index >= 15 is 0 Å². The summed E-state index contributed by atoms with van der Waals surface area (Å²) in [5.41, 5.74) is 0. The lowest BCUT2D eigenvalue weighted by atomic mass is 9.95. The molecule has 3 nitrogen and oxygen atoms in total. The van der Waals surface area contributed by atoms with Crippen LogP contribution in [-0.4, -0.2) is 24.6 Å². The number of nitrogens with zero attached hydrogens (tertiary/aromatic N) is 1. The highest BCUT2D eigenvalue weighted by molar-refractivity contribution is 7.11. The largest absolute Gasteiger partial charge is 0.316 e. The Labute approximate surface area is 108 Å². The van der Waals surface area contributed by atoms with Crippen LogP contribution in [0.1, 0.15) is 35.6 Å². The Morgan fingerprint density at radius 2 is 2.53 bits per heavy atom. The van der Waals surface area contributed by atoms with Crippen molar-refractivity contribution in [2.75, 3.05) is 19.6 Å². The van der Waals surface area contributed by atoms with Gasteiger partial charge < -0.3 is 10.6 Å². The van der Waals surface area contributed by atoms with Gasteiger partial charge >= 0.3 is 0 Å². The van der Waals surface area contributed by atoms with Gasteiger partial charge in [0.2, 0.25) is 0 Å². The standard InChI is InChI=1S/C13H23N3S/c1-11-16-10-13(17-11)9-15-7-3-5-12-4-2-6-14-8-12/h10,12,14-15H,2-9H2,1H3. The molecule has 0 radical (unpaired) electrons. The molecule has 96 valence electrons. The van der Waals surface area contributed by atoms with E-state index in [9.17, 15) is 0 Å². The van der Waals surface area contributed by atoms with Crippen molar-refractivity contribution in [1.82, 2.24) is 15.6 Å². The molecule has 2 heterocycles. The van der Waals surface area contributed by atoms with E-state index in [1.807, 2.05) is 6.20 Å². The Morgan fingerprint density at radius 3 is 3.24 bits per heavy atom. The van der Waals surface area contributed by atoms with Crippen LogP contribution in [0.2, 0.25) is 0 Å². The fourth-order valence-corrected chi connectivity index (χ4v) is 3.15. The number of piperidine rings is 1. The summed E-state index contributed by atoms with van der Waals surface area (Å²) in [7, 11) is 0. The average molecular weight is 253 g/mol. The fraction of sp³-hybridized carbons (Fsp3) is 0.769. The minimum Gasteiger partial charge on any atom is -0.316 e. The summed E-state index contributed by atoms with van der Waals surface area (Å²) in [5, 5.41) is 8.14. The second-order valence-corrected chi connectivity index (χ2v) is 6.20. The second-order valence-electron chi connectivity index (χ2n) is 4.88. The zero-order valence-electron chi connectivity index (χ0n) is 10.7. The van der Waals surface area contributed by atoms with E-state index in [4.69, 9.17) is 0 Å². The Hall–Kier alpha value is -0.450. The number of nitrogens with one attached hydrogen (secondary N) is 2. The first-order chi connectivity index (χ1) is 8.34. The lowest BCUT2D eigenvalue weighted by molar-refractivity contribution is 0.348. The van der Waals surface area contributed by atoms with Crippen LogP contribution in [0.25, 0.3) is 0 Å². The van der Waals surface area contributed by atoms with Crippen molar-refractivity contribution in [3.8, 4) is 0 Å². The van der Waals surface area contributed by atoms with Gasteiger partial charge in [0.1, 0.15) is 0 Å². The predicted molar refractivity (Wildman–Crippen MR) is 73.4 cm³/mol. The van der Waals surface area contributed by atoms with Crippen LogP contribution in [0.15, 0.2) is 6.20 Å². The summed E-state index contributed by atoms with van der Waals surface area (Å²) in [6.45, 7) is 6.62. The Balaban J connectivity index is 1.51. The van der Waals surface area contributed by atoms with E-state index < -0.39 is 0 Å². The molecule has 17 heavy (non-hydrogen) atoms. The maximum Gasteiger partial charge on any atom is 0.0897 e. The van der Waals surface area contributed by atoms with Gasteiger partial charge in [-0.3, -0.25) is 0 Å². The maximum absolute atomic E-state index is 4.26. The molecule has 1 saturated heterocycles. The van der Waals surface area contributed by atoms with Gasteiger partial charge in [-0.15, -0.1) is 11.3 Å².